The van der Waals surface area contributed by atoms with Gasteiger partial charge in [0.2, 0.25) is 0 Å². The fourth-order valence-corrected chi connectivity index (χ4v) is 4.57. The standard InChI is InChI=1S/C24H29B5O2/c1-23(2)24(3,4)31-29(30-23)16-12-10-15(11-13-16)18-21(27)19(25)17(20(26)22(18)28)14-8-6-5-7-9-14/h5-13H,25-28H2,1-4H3. The second kappa shape index (κ2) is 7.80. The third kappa shape index (κ3) is 3.72. The van der Waals surface area contributed by atoms with Crippen LogP contribution in [0.3, 0.4) is 0 Å². The summed E-state index contributed by atoms with van der Waals surface area (Å²) in [5.41, 5.74) is 11.0. The highest BCUT2D eigenvalue weighted by molar-refractivity contribution is 6.63. The largest absolute Gasteiger partial charge is 0.494 e. The summed E-state index contributed by atoms with van der Waals surface area (Å²) < 4.78 is 12.4. The first-order valence-corrected chi connectivity index (χ1v) is 11.2. The Morgan fingerprint density at radius 2 is 0.968 bits per heavy atom. The summed E-state index contributed by atoms with van der Waals surface area (Å²) in [7, 11) is 8.64. The van der Waals surface area contributed by atoms with Gasteiger partial charge in [-0.05, 0) is 55.4 Å². The van der Waals surface area contributed by atoms with Crippen LogP contribution in [-0.4, -0.2) is 49.7 Å². The van der Waals surface area contributed by atoms with Gasteiger partial charge in [-0.25, -0.2) is 0 Å². The Hall–Kier alpha value is -2.10. The lowest BCUT2D eigenvalue weighted by molar-refractivity contribution is 0.00578. The summed E-state index contributed by atoms with van der Waals surface area (Å²) in [4.78, 5) is 0. The Morgan fingerprint density at radius 3 is 1.39 bits per heavy atom. The highest BCUT2D eigenvalue weighted by atomic mass is 16.7. The molecule has 2 nitrogen and oxygen atoms in total. The van der Waals surface area contributed by atoms with Crippen molar-refractivity contribution in [3.8, 4) is 22.3 Å². The van der Waals surface area contributed by atoms with Crippen molar-refractivity contribution in [2.75, 3.05) is 0 Å². The van der Waals surface area contributed by atoms with Gasteiger partial charge < -0.3 is 9.31 Å². The monoisotopic (exact) mass is 404 g/mol. The van der Waals surface area contributed by atoms with E-state index >= 15 is 0 Å². The average molecular weight is 404 g/mol. The molecule has 0 aliphatic carbocycles. The van der Waals surface area contributed by atoms with E-state index in [-0.39, 0.29) is 18.3 Å². The van der Waals surface area contributed by atoms with Crippen LogP contribution in [0.15, 0.2) is 54.6 Å². The molecule has 3 aromatic rings. The zero-order valence-corrected chi connectivity index (χ0v) is 20.1. The molecule has 7 heteroatoms. The maximum absolute atomic E-state index is 6.22. The smallest absolute Gasteiger partial charge is 0.399 e. The highest BCUT2D eigenvalue weighted by Crippen LogP contribution is 2.36. The van der Waals surface area contributed by atoms with Gasteiger partial charge in [0.05, 0.1) is 11.2 Å². The third-order valence-electron chi connectivity index (χ3n) is 7.41. The van der Waals surface area contributed by atoms with Crippen molar-refractivity contribution in [1.29, 1.82) is 0 Å². The molecule has 1 aliphatic heterocycles. The summed E-state index contributed by atoms with van der Waals surface area (Å²) >= 11 is 0. The Labute approximate surface area is 190 Å². The van der Waals surface area contributed by atoms with Crippen molar-refractivity contribution in [2.24, 2.45) is 0 Å². The van der Waals surface area contributed by atoms with Crippen molar-refractivity contribution in [1.82, 2.24) is 0 Å². The molecule has 0 spiro atoms. The summed E-state index contributed by atoms with van der Waals surface area (Å²) in [6, 6.07) is 19.4. The molecule has 0 amide bonds. The molecule has 4 rings (SSSR count). The normalized spacial score (nSPS) is 17.1. The van der Waals surface area contributed by atoms with Crippen LogP contribution < -0.4 is 27.3 Å². The van der Waals surface area contributed by atoms with Crippen LogP contribution in [0.1, 0.15) is 27.7 Å². The topological polar surface area (TPSA) is 18.5 Å². The maximum Gasteiger partial charge on any atom is 0.494 e. The number of benzene rings is 3. The summed E-state index contributed by atoms with van der Waals surface area (Å²) in [6.07, 6.45) is 0. The van der Waals surface area contributed by atoms with E-state index < -0.39 is 0 Å². The molecule has 0 N–H and O–H groups in total. The van der Waals surface area contributed by atoms with Gasteiger partial charge in [-0.3, -0.25) is 0 Å². The van der Waals surface area contributed by atoms with Gasteiger partial charge in [0.15, 0.2) is 0 Å². The Morgan fingerprint density at radius 1 is 0.581 bits per heavy atom. The molecule has 0 radical (unpaired) electrons. The first kappa shape index (κ1) is 22.1. The molecule has 1 heterocycles. The average Bonchev–Trinajstić information content (AvgIpc) is 2.95. The first-order valence-electron chi connectivity index (χ1n) is 11.2. The summed E-state index contributed by atoms with van der Waals surface area (Å²) in [5, 5.41) is 0. The van der Waals surface area contributed by atoms with Gasteiger partial charge in [-0.15, -0.1) is 0 Å². The lowest BCUT2D eigenvalue weighted by Gasteiger charge is -2.32. The lowest BCUT2D eigenvalue weighted by Crippen LogP contribution is -2.44. The second-order valence-electron chi connectivity index (χ2n) is 9.83. The molecule has 0 unspecified atom stereocenters. The van der Waals surface area contributed by atoms with Crippen molar-refractivity contribution < 1.29 is 9.31 Å². The van der Waals surface area contributed by atoms with Gasteiger partial charge in [0.25, 0.3) is 0 Å². The Kier molecular flexibility index (Phi) is 5.56. The van der Waals surface area contributed by atoms with Crippen LogP contribution in [0, 0.1) is 0 Å². The third-order valence-corrected chi connectivity index (χ3v) is 7.41. The number of rotatable bonds is 3. The minimum Gasteiger partial charge on any atom is -0.399 e. The van der Waals surface area contributed by atoms with Crippen molar-refractivity contribution in [3.05, 3.63) is 54.6 Å². The van der Waals surface area contributed by atoms with E-state index in [4.69, 9.17) is 9.31 Å². The predicted octanol–water partition coefficient (Wildman–Crippen LogP) is -1.65. The van der Waals surface area contributed by atoms with E-state index in [2.05, 4.69) is 114 Å². The predicted molar refractivity (Wildman–Crippen MR) is 146 cm³/mol. The summed E-state index contributed by atoms with van der Waals surface area (Å²) in [6.45, 7) is 8.36. The number of hydrogen-bond donors (Lipinski definition) is 0. The number of hydrogen-bond acceptors (Lipinski definition) is 2. The molecule has 152 valence electrons. The fourth-order valence-electron chi connectivity index (χ4n) is 4.57. The second-order valence-corrected chi connectivity index (χ2v) is 9.83. The van der Waals surface area contributed by atoms with E-state index in [9.17, 15) is 0 Å². The van der Waals surface area contributed by atoms with E-state index in [1.807, 2.05) is 0 Å². The van der Waals surface area contributed by atoms with E-state index in [0.29, 0.717) is 0 Å². The maximum atomic E-state index is 6.22. The molecule has 0 bridgehead atoms. The van der Waals surface area contributed by atoms with Gasteiger partial charge in [-0.1, -0.05) is 76.4 Å². The van der Waals surface area contributed by atoms with Crippen molar-refractivity contribution >= 4 is 65.8 Å². The van der Waals surface area contributed by atoms with Crippen LogP contribution in [-0.2, 0) is 9.31 Å². The zero-order chi connectivity index (χ0) is 22.6. The molecule has 3 aromatic carbocycles. The van der Waals surface area contributed by atoms with Gasteiger partial charge in [0, 0.05) is 0 Å². The van der Waals surface area contributed by atoms with E-state index in [1.54, 1.807) is 0 Å². The van der Waals surface area contributed by atoms with E-state index in [0.717, 1.165) is 5.46 Å². The van der Waals surface area contributed by atoms with Gasteiger partial charge in [-0.2, -0.15) is 0 Å². The van der Waals surface area contributed by atoms with Gasteiger partial charge >= 0.3 is 7.12 Å². The molecule has 1 aliphatic rings. The Bertz CT molecular complexity index is 1080. The van der Waals surface area contributed by atoms with Crippen molar-refractivity contribution in [2.45, 2.75) is 38.9 Å². The van der Waals surface area contributed by atoms with Crippen LogP contribution >= 0.6 is 0 Å². The zero-order valence-electron chi connectivity index (χ0n) is 20.1. The molecule has 1 saturated heterocycles. The van der Waals surface area contributed by atoms with Crippen LogP contribution in [0.25, 0.3) is 22.3 Å². The van der Waals surface area contributed by atoms with Crippen LogP contribution in [0.4, 0.5) is 0 Å². The molecule has 0 aromatic heterocycles. The molecular weight excluding hydrogens is 374 g/mol. The summed E-state index contributed by atoms with van der Waals surface area (Å²) in [5.74, 6) is 0. The molecule has 0 atom stereocenters. The molecule has 0 saturated carbocycles. The van der Waals surface area contributed by atoms with Gasteiger partial charge in [0.1, 0.15) is 31.4 Å². The van der Waals surface area contributed by atoms with Crippen LogP contribution in [0.5, 0.6) is 0 Å². The van der Waals surface area contributed by atoms with Crippen molar-refractivity contribution in [3.63, 3.8) is 0 Å². The molecule has 31 heavy (non-hydrogen) atoms. The minimum absolute atomic E-state index is 0.328. The Balaban J connectivity index is 1.73. The fraction of sp³-hybridized carbons (Fsp3) is 0.250. The lowest BCUT2D eigenvalue weighted by atomic mass is 9.62. The molecule has 1 fully saturated rings. The molecular formula is C24H29B5O2. The van der Waals surface area contributed by atoms with Crippen LogP contribution in [0.2, 0.25) is 0 Å². The quantitative estimate of drug-likeness (QED) is 0.488. The minimum atomic E-state index is -0.329. The first-order chi connectivity index (χ1) is 14.5. The highest BCUT2D eigenvalue weighted by Gasteiger charge is 2.51. The van der Waals surface area contributed by atoms with E-state index in [1.165, 1.54) is 44.1 Å². The SMILES string of the molecule is Bc1c(B)c(-c2ccc(B3OC(C)(C)C(C)(C)O3)cc2)c(B)c(B)c1-c1ccccc1.